The predicted octanol–water partition coefficient (Wildman–Crippen LogP) is 4.42. The van der Waals surface area contributed by atoms with Gasteiger partial charge in [0, 0.05) is 6.04 Å². The lowest BCUT2D eigenvalue weighted by Crippen LogP contribution is -2.24. The third-order valence-electron chi connectivity index (χ3n) is 4.38. The summed E-state index contributed by atoms with van der Waals surface area (Å²) in [5.41, 5.74) is 8.45. The fraction of sp³-hybridized carbons (Fsp3) is 0.684. The molecule has 138 valence electrons. The van der Waals surface area contributed by atoms with Gasteiger partial charge in [0.2, 0.25) is 0 Å². The molecule has 4 N–H and O–H groups in total. The maximum atomic E-state index is 10.9. The standard InChI is InChI=1S/C19H34NO3P/c1-2-3-4-5-6-7-8-9-17-10-12-18(13-11-17)16-19(20)14-15-24(21,22)23/h10-13,19H,2-9,14-16,20H2,1H3,(H2,21,22,23). The van der Waals surface area contributed by atoms with Crippen molar-refractivity contribution in [3.63, 3.8) is 0 Å². The number of benzene rings is 1. The number of hydrogen-bond donors (Lipinski definition) is 3. The van der Waals surface area contributed by atoms with Crippen LogP contribution in [0.25, 0.3) is 0 Å². The van der Waals surface area contributed by atoms with Crippen molar-refractivity contribution in [2.75, 3.05) is 6.16 Å². The number of nitrogens with two attached hydrogens (primary N) is 1. The number of rotatable bonds is 13. The van der Waals surface area contributed by atoms with E-state index in [2.05, 4.69) is 31.2 Å². The van der Waals surface area contributed by atoms with Crippen molar-refractivity contribution in [1.82, 2.24) is 0 Å². The molecular formula is C19H34NO3P. The van der Waals surface area contributed by atoms with Crippen molar-refractivity contribution in [1.29, 1.82) is 0 Å². The highest BCUT2D eigenvalue weighted by atomic mass is 31.2. The quantitative estimate of drug-likeness (QED) is 0.361. The van der Waals surface area contributed by atoms with Gasteiger partial charge in [-0.3, -0.25) is 4.57 Å². The van der Waals surface area contributed by atoms with Crippen LogP contribution in [0.15, 0.2) is 24.3 Å². The second-order valence-corrected chi connectivity index (χ2v) is 8.61. The maximum Gasteiger partial charge on any atom is 0.325 e. The van der Waals surface area contributed by atoms with Crippen molar-refractivity contribution >= 4 is 7.60 Å². The van der Waals surface area contributed by atoms with Gasteiger partial charge in [0.05, 0.1) is 6.16 Å². The first-order chi connectivity index (χ1) is 11.4. The zero-order valence-electron chi connectivity index (χ0n) is 15.0. The average Bonchev–Trinajstić information content (AvgIpc) is 2.53. The molecule has 0 aliphatic rings. The molecule has 0 spiro atoms. The minimum absolute atomic E-state index is 0.134. The molecule has 0 amide bonds. The summed E-state index contributed by atoms with van der Waals surface area (Å²) in [6.45, 7) is 2.24. The van der Waals surface area contributed by atoms with Crippen LogP contribution in [0.4, 0.5) is 0 Å². The number of aryl methyl sites for hydroxylation is 1. The van der Waals surface area contributed by atoms with Crippen LogP contribution in [-0.4, -0.2) is 22.0 Å². The third-order valence-corrected chi connectivity index (χ3v) is 5.22. The first-order valence-corrected chi connectivity index (χ1v) is 11.1. The third kappa shape index (κ3) is 11.0. The van der Waals surface area contributed by atoms with Crippen molar-refractivity contribution in [2.24, 2.45) is 5.73 Å². The normalized spacial score (nSPS) is 13.2. The molecule has 0 saturated carbocycles. The summed E-state index contributed by atoms with van der Waals surface area (Å²) in [5.74, 6) is 0. The maximum absolute atomic E-state index is 10.9. The highest BCUT2D eigenvalue weighted by Crippen LogP contribution is 2.35. The van der Waals surface area contributed by atoms with E-state index in [4.69, 9.17) is 15.5 Å². The second-order valence-electron chi connectivity index (χ2n) is 6.83. The van der Waals surface area contributed by atoms with E-state index in [1.54, 1.807) is 0 Å². The Morgan fingerprint density at radius 2 is 1.50 bits per heavy atom. The van der Waals surface area contributed by atoms with Crippen LogP contribution in [0.2, 0.25) is 0 Å². The van der Waals surface area contributed by atoms with Gasteiger partial charge in [-0.1, -0.05) is 69.7 Å². The van der Waals surface area contributed by atoms with E-state index in [9.17, 15) is 4.57 Å². The largest absolute Gasteiger partial charge is 0.327 e. The zero-order chi connectivity index (χ0) is 17.8. The van der Waals surface area contributed by atoms with Crippen LogP contribution in [0.1, 0.15) is 69.4 Å². The van der Waals surface area contributed by atoms with Gasteiger partial charge in [0.15, 0.2) is 0 Å². The Labute approximate surface area is 147 Å². The number of unbranched alkanes of at least 4 members (excludes halogenated alkanes) is 6. The van der Waals surface area contributed by atoms with E-state index < -0.39 is 7.60 Å². The Morgan fingerprint density at radius 1 is 0.958 bits per heavy atom. The molecule has 1 rings (SSSR count). The zero-order valence-corrected chi connectivity index (χ0v) is 15.9. The predicted molar refractivity (Wildman–Crippen MR) is 101 cm³/mol. The molecule has 4 nitrogen and oxygen atoms in total. The molecule has 0 fully saturated rings. The molecule has 1 atom stereocenters. The summed E-state index contributed by atoms with van der Waals surface area (Å²) in [4.78, 5) is 17.8. The molecule has 0 aromatic heterocycles. The Balaban J connectivity index is 2.21. The summed E-state index contributed by atoms with van der Waals surface area (Å²) in [6, 6.07) is 8.29. The van der Waals surface area contributed by atoms with Crippen LogP contribution in [0, 0.1) is 0 Å². The highest BCUT2D eigenvalue weighted by Gasteiger charge is 2.15. The topological polar surface area (TPSA) is 83.6 Å². The molecule has 1 unspecified atom stereocenters. The van der Waals surface area contributed by atoms with Gasteiger partial charge in [-0.05, 0) is 36.8 Å². The van der Waals surface area contributed by atoms with Gasteiger partial charge in [-0.15, -0.1) is 0 Å². The number of hydrogen-bond acceptors (Lipinski definition) is 2. The van der Waals surface area contributed by atoms with Crippen LogP contribution in [-0.2, 0) is 17.4 Å². The van der Waals surface area contributed by atoms with Gasteiger partial charge in [0.25, 0.3) is 0 Å². The fourth-order valence-corrected chi connectivity index (χ4v) is 3.54. The van der Waals surface area contributed by atoms with Gasteiger partial charge in [-0.25, -0.2) is 0 Å². The summed E-state index contributed by atoms with van der Waals surface area (Å²) in [7, 11) is -3.94. The minimum Gasteiger partial charge on any atom is -0.327 e. The van der Waals surface area contributed by atoms with E-state index in [0.29, 0.717) is 12.8 Å². The van der Waals surface area contributed by atoms with E-state index >= 15 is 0 Å². The minimum atomic E-state index is -3.94. The summed E-state index contributed by atoms with van der Waals surface area (Å²) >= 11 is 0. The van der Waals surface area contributed by atoms with Gasteiger partial charge < -0.3 is 15.5 Å². The lowest BCUT2D eigenvalue weighted by atomic mass is 10.0. The summed E-state index contributed by atoms with van der Waals surface area (Å²) in [6.07, 6.45) is 11.3. The first-order valence-electron chi connectivity index (χ1n) is 9.28. The monoisotopic (exact) mass is 355 g/mol. The molecule has 0 saturated heterocycles. The van der Waals surface area contributed by atoms with E-state index in [1.807, 2.05) is 0 Å². The molecule has 0 radical (unpaired) electrons. The van der Waals surface area contributed by atoms with Crippen molar-refractivity contribution in [2.45, 2.75) is 77.2 Å². The van der Waals surface area contributed by atoms with Crippen LogP contribution >= 0.6 is 7.60 Å². The molecule has 24 heavy (non-hydrogen) atoms. The van der Waals surface area contributed by atoms with E-state index in [0.717, 1.165) is 12.0 Å². The van der Waals surface area contributed by atoms with E-state index in [-0.39, 0.29) is 12.2 Å². The van der Waals surface area contributed by atoms with E-state index in [1.165, 1.54) is 50.5 Å². The average molecular weight is 355 g/mol. The summed E-state index contributed by atoms with van der Waals surface area (Å²) in [5, 5.41) is 0. The smallest absolute Gasteiger partial charge is 0.325 e. The lowest BCUT2D eigenvalue weighted by molar-refractivity contribution is 0.369. The Bertz CT molecular complexity index is 484. The molecule has 0 heterocycles. The van der Waals surface area contributed by atoms with Crippen LogP contribution in [0.3, 0.4) is 0 Å². The Kier molecular flexibility index (Phi) is 10.5. The van der Waals surface area contributed by atoms with Gasteiger partial charge in [-0.2, -0.15) is 0 Å². The first kappa shape index (κ1) is 21.4. The highest BCUT2D eigenvalue weighted by molar-refractivity contribution is 7.51. The molecule has 5 heteroatoms. The fourth-order valence-electron chi connectivity index (χ4n) is 2.87. The van der Waals surface area contributed by atoms with Gasteiger partial charge >= 0.3 is 7.60 Å². The molecule has 0 aliphatic heterocycles. The lowest BCUT2D eigenvalue weighted by Gasteiger charge is -2.12. The van der Waals surface area contributed by atoms with Crippen LogP contribution < -0.4 is 5.73 Å². The Morgan fingerprint density at radius 3 is 2.08 bits per heavy atom. The van der Waals surface area contributed by atoms with Crippen molar-refractivity contribution in [3.05, 3.63) is 35.4 Å². The summed E-state index contributed by atoms with van der Waals surface area (Å²) < 4.78 is 10.9. The molecular weight excluding hydrogens is 321 g/mol. The van der Waals surface area contributed by atoms with Crippen molar-refractivity contribution in [3.8, 4) is 0 Å². The molecule has 1 aromatic carbocycles. The molecule has 1 aromatic rings. The molecule has 0 bridgehead atoms. The van der Waals surface area contributed by atoms with Crippen LogP contribution in [0.5, 0.6) is 0 Å². The van der Waals surface area contributed by atoms with Crippen molar-refractivity contribution < 1.29 is 14.4 Å². The SMILES string of the molecule is CCCCCCCCCc1ccc(CC(N)CCP(=O)(O)O)cc1. The van der Waals surface area contributed by atoms with Gasteiger partial charge in [0.1, 0.15) is 0 Å². The Hall–Kier alpha value is -0.670. The molecule has 0 aliphatic carbocycles. The second kappa shape index (κ2) is 11.8.